The summed E-state index contributed by atoms with van der Waals surface area (Å²) in [5.41, 5.74) is 1.58. The first-order valence-electron chi connectivity index (χ1n) is 12.6. The largest absolute Gasteiger partial charge is 0.390 e. The third-order valence-corrected chi connectivity index (χ3v) is 10.0. The van der Waals surface area contributed by atoms with Crippen LogP contribution in [0.5, 0.6) is 0 Å². The minimum absolute atomic E-state index is 0.0979. The molecule has 174 valence electrons. The molecule has 0 aromatic rings. The molecular formula is C27H43NO3. The lowest BCUT2D eigenvalue weighted by Gasteiger charge is -2.58. The Morgan fingerprint density at radius 1 is 1.19 bits per heavy atom. The summed E-state index contributed by atoms with van der Waals surface area (Å²) >= 11 is 0. The third-order valence-electron chi connectivity index (χ3n) is 10.0. The summed E-state index contributed by atoms with van der Waals surface area (Å²) in [6.07, 6.45) is 15.5. The number of nitrogens with one attached hydrogen (secondary N) is 1. The molecule has 0 aromatic heterocycles. The molecule has 0 heterocycles. The molecule has 0 saturated heterocycles. The molecule has 0 bridgehead atoms. The van der Waals surface area contributed by atoms with Crippen molar-refractivity contribution in [3.8, 4) is 0 Å². The zero-order valence-corrected chi connectivity index (χ0v) is 19.9. The molecular weight excluding hydrogens is 386 g/mol. The molecule has 0 aromatic carbocycles. The van der Waals surface area contributed by atoms with Crippen LogP contribution in [0.2, 0.25) is 0 Å². The number of carbonyl (C=O) groups excluding carboxylic acids is 1. The van der Waals surface area contributed by atoms with Gasteiger partial charge < -0.3 is 15.2 Å². The van der Waals surface area contributed by atoms with Crippen LogP contribution in [0.4, 0.5) is 0 Å². The lowest BCUT2D eigenvalue weighted by molar-refractivity contribution is -0.117. The Morgan fingerprint density at radius 3 is 2.74 bits per heavy atom. The third kappa shape index (κ3) is 4.04. The number of hydrogen-bond acceptors (Lipinski definition) is 3. The van der Waals surface area contributed by atoms with Crippen LogP contribution in [0.15, 0.2) is 24.3 Å². The van der Waals surface area contributed by atoms with Gasteiger partial charge in [-0.2, -0.15) is 0 Å². The van der Waals surface area contributed by atoms with Gasteiger partial charge in [0.15, 0.2) is 0 Å². The standard InChI is InChI=1S/C27H43NO3/c1-5-24(29)28-16-6-7-17-31-20-10-13-25(2)19(18-20)8-9-21-22(25)11-14-26(3)23(21)12-15-27(26,4)30/h5,8,20-23,30H,1,6-7,9-18H2,2-4H3,(H,28,29)/t20?,21-,22+,23+,25+,26+,27?/m1/s1. The van der Waals surface area contributed by atoms with E-state index in [-0.39, 0.29) is 11.3 Å². The highest BCUT2D eigenvalue weighted by molar-refractivity contribution is 5.86. The Hall–Kier alpha value is -1.13. The minimum Gasteiger partial charge on any atom is -0.390 e. The van der Waals surface area contributed by atoms with E-state index in [0.29, 0.717) is 24.0 Å². The van der Waals surface area contributed by atoms with Gasteiger partial charge in [0, 0.05) is 13.2 Å². The van der Waals surface area contributed by atoms with Crippen LogP contribution in [0.1, 0.15) is 85.0 Å². The van der Waals surface area contributed by atoms with Crippen molar-refractivity contribution in [1.82, 2.24) is 5.32 Å². The normalized spacial score (nSPS) is 43.9. The highest BCUT2D eigenvalue weighted by Gasteiger charge is 2.62. The number of carbonyl (C=O) groups is 1. The monoisotopic (exact) mass is 429 g/mol. The second-order valence-electron chi connectivity index (χ2n) is 11.5. The minimum atomic E-state index is -0.493. The van der Waals surface area contributed by atoms with Crippen molar-refractivity contribution in [3.05, 3.63) is 24.3 Å². The zero-order chi connectivity index (χ0) is 22.3. The average Bonchev–Trinajstić information content (AvgIpc) is 2.99. The fourth-order valence-corrected chi connectivity index (χ4v) is 7.77. The molecule has 4 rings (SSSR count). The SMILES string of the molecule is C=CC(=O)NCCCCOC1CC[C@@]2(C)C(=CC[C@@H]3[C@@H]2CC[C@@]2(C)[C@H]3CCC2(C)O)C1. The number of unbranched alkanes of at least 4 members (excludes halogenated alkanes) is 1. The Kier molecular flexibility index (Phi) is 6.44. The van der Waals surface area contributed by atoms with Crippen molar-refractivity contribution < 1.29 is 14.6 Å². The number of hydrogen-bond donors (Lipinski definition) is 2. The molecule has 4 aliphatic rings. The maximum atomic E-state index is 11.2. The predicted octanol–water partition coefficient (Wildman–Crippen LogP) is 5.17. The van der Waals surface area contributed by atoms with Crippen LogP contribution >= 0.6 is 0 Å². The fourth-order valence-electron chi connectivity index (χ4n) is 7.77. The smallest absolute Gasteiger partial charge is 0.243 e. The van der Waals surface area contributed by atoms with Gasteiger partial charge in [-0.15, -0.1) is 0 Å². The molecule has 2 N–H and O–H groups in total. The topological polar surface area (TPSA) is 58.6 Å². The van der Waals surface area contributed by atoms with E-state index in [1.54, 1.807) is 5.57 Å². The van der Waals surface area contributed by atoms with Gasteiger partial charge >= 0.3 is 0 Å². The summed E-state index contributed by atoms with van der Waals surface area (Å²) in [4.78, 5) is 11.2. The summed E-state index contributed by atoms with van der Waals surface area (Å²) in [6.45, 7) is 11.9. The second-order valence-corrected chi connectivity index (χ2v) is 11.5. The van der Waals surface area contributed by atoms with Crippen LogP contribution in [-0.2, 0) is 9.53 Å². The van der Waals surface area contributed by atoms with Crippen molar-refractivity contribution in [2.75, 3.05) is 13.2 Å². The maximum absolute atomic E-state index is 11.2. The molecule has 0 spiro atoms. The molecule has 31 heavy (non-hydrogen) atoms. The summed E-state index contributed by atoms with van der Waals surface area (Å²) in [6, 6.07) is 0. The molecule has 1 amide bonds. The highest BCUT2D eigenvalue weighted by Crippen LogP contribution is 2.67. The van der Waals surface area contributed by atoms with Crippen LogP contribution in [-0.4, -0.2) is 35.9 Å². The van der Waals surface area contributed by atoms with Crippen LogP contribution < -0.4 is 5.32 Å². The van der Waals surface area contributed by atoms with E-state index < -0.39 is 5.60 Å². The Morgan fingerprint density at radius 2 is 1.97 bits per heavy atom. The highest BCUT2D eigenvalue weighted by atomic mass is 16.5. The first kappa shape index (κ1) is 23.0. The zero-order valence-electron chi connectivity index (χ0n) is 19.9. The van der Waals surface area contributed by atoms with Crippen LogP contribution in [0.25, 0.3) is 0 Å². The molecule has 3 fully saturated rings. The summed E-state index contributed by atoms with van der Waals surface area (Å²) in [5.74, 6) is 2.09. The number of amides is 1. The maximum Gasteiger partial charge on any atom is 0.243 e. The van der Waals surface area contributed by atoms with Gasteiger partial charge in [0.1, 0.15) is 0 Å². The number of rotatable bonds is 7. The quantitative estimate of drug-likeness (QED) is 0.333. The van der Waals surface area contributed by atoms with E-state index in [1.165, 1.54) is 38.2 Å². The van der Waals surface area contributed by atoms with Crippen molar-refractivity contribution >= 4 is 5.91 Å². The summed E-state index contributed by atoms with van der Waals surface area (Å²) < 4.78 is 6.25. The van der Waals surface area contributed by atoms with Crippen LogP contribution in [0.3, 0.4) is 0 Å². The first-order chi connectivity index (χ1) is 14.7. The van der Waals surface area contributed by atoms with Gasteiger partial charge in [0.2, 0.25) is 5.91 Å². The predicted molar refractivity (Wildman–Crippen MR) is 125 cm³/mol. The summed E-state index contributed by atoms with van der Waals surface area (Å²) in [7, 11) is 0. The molecule has 4 nitrogen and oxygen atoms in total. The molecule has 4 heteroatoms. The number of allylic oxidation sites excluding steroid dienone is 1. The van der Waals surface area contributed by atoms with Crippen molar-refractivity contribution in [2.45, 2.75) is 96.7 Å². The lowest BCUT2D eigenvalue weighted by Crippen LogP contribution is -2.53. The van der Waals surface area contributed by atoms with Gasteiger partial charge in [0.05, 0.1) is 11.7 Å². The van der Waals surface area contributed by atoms with E-state index in [2.05, 4.69) is 38.7 Å². The fraction of sp³-hybridized carbons (Fsp3) is 0.815. The molecule has 7 atom stereocenters. The Labute approximate surface area is 188 Å². The van der Waals surface area contributed by atoms with Gasteiger partial charge in [-0.1, -0.05) is 32.1 Å². The van der Waals surface area contributed by atoms with Gasteiger partial charge in [0.25, 0.3) is 0 Å². The molecule has 4 aliphatic carbocycles. The summed E-state index contributed by atoms with van der Waals surface area (Å²) in [5, 5.41) is 13.9. The van der Waals surface area contributed by atoms with E-state index in [4.69, 9.17) is 4.74 Å². The Balaban J connectivity index is 1.32. The number of aliphatic hydroxyl groups is 1. The molecule has 3 saturated carbocycles. The van der Waals surface area contributed by atoms with Crippen molar-refractivity contribution in [3.63, 3.8) is 0 Å². The van der Waals surface area contributed by atoms with E-state index in [9.17, 15) is 9.90 Å². The molecule has 0 aliphatic heterocycles. The molecule has 2 unspecified atom stereocenters. The number of ether oxygens (including phenoxy) is 1. The van der Waals surface area contributed by atoms with Gasteiger partial charge in [-0.3, -0.25) is 4.79 Å². The van der Waals surface area contributed by atoms with E-state index >= 15 is 0 Å². The molecule has 0 radical (unpaired) electrons. The van der Waals surface area contributed by atoms with Gasteiger partial charge in [-0.25, -0.2) is 0 Å². The lowest BCUT2D eigenvalue weighted by atomic mass is 9.47. The van der Waals surface area contributed by atoms with Crippen LogP contribution in [0, 0.1) is 28.6 Å². The average molecular weight is 430 g/mol. The van der Waals surface area contributed by atoms with Crippen molar-refractivity contribution in [2.24, 2.45) is 28.6 Å². The van der Waals surface area contributed by atoms with Crippen molar-refractivity contribution in [1.29, 1.82) is 0 Å². The number of fused-ring (bicyclic) bond motifs is 5. The van der Waals surface area contributed by atoms with Gasteiger partial charge in [-0.05, 0) is 106 Å². The second kappa shape index (κ2) is 8.67. The first-order valence-corrected chi connectivity index (χ1v) is 12.6. The van der Waals surface area contributed by atoms with E-state index in [0.717, 1.165) is 50.5 Å². The van der Waals surface area contributed by atoms with E-state index in [1.807, 2.05) is 0 Å². The Bertz CT molecular complexity index is 728.